The third kappa shape index (κ3) is 7.59. The number of ether oxygens (including phenoxy) is 1. The molecule has 0 radical (unpaired) electrons. The van der Waals surface area contributed by atoms with Crippen LogP contribution in [0.3, 0.4) is 0 Å². The smallest absolute Gasteiger partial charge is 0.261 e. The van der Waals surface area contributed by atoms with Gasteiger partial charge in [-0.15, -0.1) is 0 Å². The van der Waals surface area contributed by atoms with Gasteiger partial charge in [-0.2, -0.15) is 0 Å². The maximum absolute atomic E-state index is 13.2. The van der Waals surface area contributed by atoms with E-state index >= 15 is 0 Å². The molecule has 5 nitrogen and oxygen atoms in total. The van der Waals surface area contributed by atoms with Crippen molar-refractivity contribution in [3.05, 3.63) is 64.7 Å². The third-order valence-electron chi connectivity index (χ3n) is 5.06. The van der Waals surface area contributed by atoms with Crippen LogP contribution in [0.5, 0.6) is 5.75 Å². The van der Waals surface area contributed by atoms with Crippen LogP contribution in [0.15, 0.2) is 48.5 Å². The molecule has 2 rings (SSSR count). The number of benzene rings is 2. The van der Waals surface area contributed by atoms with Gasteiger partial charge in [0.25, 0.3) is 5.91 Å². The highest BCUT2D eigenvalue weighted by Crippen LogP contribution is 2.20. The van der Waals surface area contributed by atoms with Crippen LogP contribution in [0.2, 0.25) is 5.02 Å². The van der Waals surface area contributed by atoms with E-state index in [2.05, 4.69) is 12.2 Å². The highest BCUT2D eigenvalue weighted by atomic mass is 35.5. The maximum atomic E-state index is 13.2. The number of halogens is 1. The predicted octanol–water partition coefficient (Wildman–Crippen LogP) is 4.86. The fourth-order valence-corrected chi connectivity index (χ4v) is 3.40. The average molecular weight is 445 g/mol. The van der Waals surface area contributed by atoms with Gasteiger partial charge in [0.2, 0.25) is 5.91 Å². The number of amides is 2. The highest BCUT2D eigenvalue weighted by Gasteiger charge is 2.29. The fraction of sp³-hybridized carbons (Fsp3) is 0.440. The lowest BCUT2D eigenvalue weighted by atomic mass is 10.1. The van der Waals surface area contributed by atoms with Crippen molar-refractivity contribution < 1.29 is 14.3 Å². The summed E-state index contributed by atoms with van der Waals surface area (Å²) in [7, 11) is 0. The Hall–Kier alpha value is -2.53. The van der Waals surface area contributed by atoms with Crippen molar-refractivity contribution >= 4 is 23.4 Å². The molecule has 31 heavy (non-hydrogen) atoms. The summed E-state index contributed by atoms with van der Waals surface area (Å²) in [6.07, 6.45) is 1.43. The largest absolute Gasteiger partial charge is 0.484 e. The lowest BCUT2D eigenvalue weighted by molar-refractivity contribution is -0.143. The molecule has 168 valence electrons. The van der Waals surface area contributed by atoms with Crippen molar-refractivity contribution in [2.24, 2.45) is 5.92 Å². The molecule has 2 amide bonds. The van der Waals surface area contributed by atoms with E-state index < -0.39 is 6.04 Å². The molecule has 0 aliphatic rings. The van der Waals surface area contributed by atoms with Crippen molar-refractivity contribution in [1.29, 1.82) is 0 Å². The first-order valence-electron chi connectivity index (χ1n) is 10.9. The van der Waals surface area contributed by atoms with Crippen LogP contribution in [-0.4, -0.2) is 35.9 Å². The maximum Gasteiger partial charge on any atom is 0.261 e. The Balaban J connectivity index is 2.18. The van der Waals surface area contributed by atoms with Crippen molar-refractivity contribution in [3.63, 3.8) is 0 Å². The lowest BCUT2D eigenvalue weighted by Crippen LogP contribution is -2.50. The standard InChI is InChI=1S/C25H33ClN2O3/c1-5-19-11-13-21(14-12-19)31-17-24(29)28(16-20-9-7-8-10-22(20)26)23(6-2)25(30)27-15-18(3)4/h7-14,18,23H,5-6,15-17H2,1-4H3,(H,27,30). The molecule has 2 aromatic rings. The number of carbonyl (C=O) groups is 2. The second-order valence-electron chi connectivity index (χ2n) is 7.96. The highest BCUT2D eigenvalue weighted by molar-refractivity contribution is 6.31. The zero-order valence-electron chi connectivity index (χ0n) is 18.9. The Bertz CT molecular complexity index is 852. The van der Waals surface area contributed by atoms with Gasteiger partial charge in [0.05, 0.1) is 0 Å². The summed E-state index contributed by atoms with van der Waals surface area (Å²) in [5.41, 5.74) is 1.99. The van der Waals surface area contributed by atoms with E-state index in [0.717, 1.165) is 12.0 Å². The number of hydrogen-bond donors (Lipinski definition) is 1. The monoisotopic (exact) mass is 444 g/mol. The fourth-order valence-electron chi connectivity index (χ4n) is 3.20. The van der Waals surface area contributed by atoms with Crippen LogP contribution >= 0.6 is 11.6 Å². The summed E-state index contributed by atoms with van der Waals surface area (Å²) < 4.78 is 5.73. The summed E-state index contributed by atoms with van der Waals surface area (Å²) in [5, 5.41) is 3.51. The molecule has 2 aromatic carbocycles. The van der Waals surface area contributed by atoms with Crippen LogP contribution < -0.4 is 10.1 Å². The zero-order valence-corrected chi connectivity index (χ0v) is 19.6. The third-order valence-corrected chi connectivity index (χ3v) is 5.43. The van der Waals surface area contributed by atoms with Crippen LogP contribution in [0, 0.1) is 5.92 Å². The average Bonchev–Trinajstić information content (AvgIpc) is 2.77. The first-order chi connectivity index (χ1) is 14.8. The molecule has 1 unspecified atom stereocenters. The van der Waals surface area contributed by atoms with E-state index in [1.807, 2.05) is 63.2 Å². The SMILES string of the molecule is CCc1ccc(OCC(=O)N(Cc2ccccc2Cl)C(CC)C(=O)NCC(C)C)cc1. The van der Waals surface area contributed by atoms with Gasteiger partial charge >= 0.3 is 0 Å². The molecule has 0 aliphatic heterocycles. The van der Waals surface area contributed by atoms with Gasteiger partial charge in [0.15, 0.2) is 6.61 Å². The van der Waals surface area contributed by atoms with Gasteiger partial charge < -0.3 is 15.0 Å². The lowest BCUT2D eigenvalue weighted by Gasteiger charge is -2.31. The van der Waals surface area contributed by atoms with Gasteiger partial charge in [-0.1, -0.05) is 69.6 Å². The number of rotatable bonds is 11. The van der Waals surface area contributed by atoms with Crippen molar-refractivity contribution in [1.82, 2.24) is 10.2 Å². The summed E-state index contributed by atoms with van der Waals surface area (Å²) in [4.78, 5) is 27.6. The second-order valence-corrected chi connectivity index (χ2v) is 8.37. The molecule has 0 bridgehead atoms. The summed E-state index contributed by atoms with van der Waals surface area (Å²) in [5.74, 6) is 0.527. The van der Waals surface area contributed by atoms with Gasteiger partial charge in [0, 0.05) is 18.1 Å². The molecular weight excluding hydrogens is 412 g/mol. The number of aryl methyl sites for hydroxylation is 1. The molecule has 0 fully saturated rings. The normalized spacial score (nSPS) is 11.8. The summed E-state index contributed by atoms with van der Waals surface area (Å²) in [6.45, 7) is 8.70. The summed E-state index contributed by atoms with van der Waals surface area (Å²) in [6, 6.07) is 14.4. The quantitative estimate of drug-likeness (QED) is 0.538. The van der Waals surface area contributed by atoms with Gasteiger partial charge in [-0.3, -0.25) is 9.59 Å². The van der Waals surface area contributed by atoms with E-state index in [1.165, 1.54) is 5.56 Å². The van der Waals surface area contributed by atoms with E-state index in [9.17, 15) is 9.59 Å². The number of hydrogen-bond acceptors (Lipinski definition) is 3. The first-order valence-corrected chi connectivity index (χ1v) is 11.3. The molecular formula is C25H33ClN2O3. The number of carbonyl (C=O) groups excluding carboxylic acids is 2. The van der Waals surface area contributed by atoms with Crippen molar-refractivity contribution in [3.8, 4) is 5.75 Å². The van der Waals surface area contributed by atoms with E-state index in [0.29, 0.717) is 29.7 Å². The van der Waals surface area contributed by atoms with Crippen molar-refractivity contribution in [2.45, 2.75) is 53.1 Å². The molecule has 0 saturated carbocycles. The Morgan fingerprint density at radius 2 is 1.74 bits per heavy atom. The Morgan fingerprint density at radius 1 is 1.06 bits per heavy atom. The zero-order chi connectivity index (χ0) is 22.8. The van der Waals surface area contributed by atoms with E-state index in [4.69, 9.17) is 16.3 Å². The molecule has 0 aromatic heterocycles. The molecule has 1 atom stereocenters. The Morgan fingerprint density at radius 3 is 2.32 bits per heavy atom. The second kappa shape index (κ2) is 12.4. The Kier molecular flexibility index (Phi) is 9.86. The Labute approximate surface area is 190 Å². The van der Waals surface area contributed by atoms with Crippen LogP contribution in [0.25, 0.3) is 0 Å². The molecule has 0 saturated heterocycles. The molecule has 0 aliphatic carbocycles. The van der Waals surface area contributed by atoms with E-state index in [-0.39, 0.29) is 25.0 Å². The molecule has 0 heterocycles. The van der Waals surface area contributed by atoms with Crippen LogP contribution in [0.4, 0.5) is 0 Å². The van der Waals surface area contributed by atoms with E-state index in [1.54, 1.807) is 11.0 Å². The predicted molar refractivity (Wildman–Crippen MR) is 125 cm³/mol. The topological polar surface area (TPSA) is 58.6 Å². The van der Waals surface area contributed by atoms with Crippen LogP contribution in [-0.2, 0) is 22.6 Å². The first kappa shape index (κ1) is 24.7. The molecule has 0 spiro atoms. The van der Waals surface area contributed by atoms with Gasteiger partial charge in [0.1, 0.15) is 11.8 Å². The minimum atomic E-state index is -0.603. The van der Waals surface area contributed by atoms with Crippen LogP contribution in [0.1, 0.15) is 45.2 Å². The van der Waals surface area contributed by atoms with Crippen molar-refractivity contribution in [2.75, 3.05) is 13.2 Å². The molecule has 1 N–H and O–H groups in total. The van der Waals surface area contributed by atoms with Gasteiger partial charge in [-0.25, -0.2) is 0 Å². The molecule has 6 heteroatoms. The number of nitrogens with one attached hydrogen (secondary N) is 1. The number of nitrogens with zero attached hydrogens (tertiary/aromatic N) is 1. The minimum Gasteiger partial charge on any atom is -0.484 e. The minimum absolute atomic E-state index is 0.149. The van der Waals surface area contributed by atoms with Gasteiger partial charge in [-0.05, 0) is 48.1 Å². The summed E-state index contributed by atoms with van der Waals surface area (Å²) >= 11 is 6.33.